The second kappa shape index (κ2) is 11.3. The van der Waals surface area contributed by atoms with E-state index in [1.54, 1.807) is 12.1 Å². The molecule has 34 heavy (non-hydrogen) atoms. The Hall–Kier alpha value is -1.83. The van der Waals surface area contributed by atoms with Gasteiger partial charge in [0.15, 0.2) is 6.17 Å². The van der Waals surface area contributed by atoms with Gasteiger partial charge in [-0.1, -0.05) is 23.2 Å². The van der Waals surface area contributed by atoms with Crippen LogP contribution in [0.25, 0.3) is 10.9 Å². The first-order valence-corrected chi connectivity index (χ1v) is 11.4. The molecule has 0 spiro atoms. The fourth-order valence-electron chi connectivity index (χ4n) is 3.24. The third kappa shape index (κ3) is 5.37. The van der Waals surface area contributed by atoms with E-state index in [1.807, 2.05) is 0 Å². The molecule has 184 valence electrons. The van der Waals surface area contributed by atoms with Crippen molar-refractivity contribution in [2.45, 2.75) is 30.6 Å². The Kier molecular flexibility index (Phi) is 8.87. The van der Waals surface area contributed by atoms with Crippen LogP contribution < -0.4 is 10.1 Å². The first-order chi connectivity index (χ1) is 16.1. The molecule has 6 N–H and O–H groups in total. The average Bonchev–Trinajstić information content (AvgIpc) is 2.85. The number of alkyl halides is 1. The van der Waals surface area contributed by atoms with Gasteiger partial charge in [-0.05, 0) is 40.2 Å². The molecule has 13 heteroatoms. The number of nitrogens with one attached hydrogen (secondary N) is 1. The minimum absolute atomic E-state index is 0.0461. The van der Waals surface area contributed by atoms with Gasteiger partial charge in [0, 0.05) is 15.4 Å². The number of aromatic nitrogens is 2. The van der Waals surface area contributed by atoms with E-state index in [-0.39, 0.29) is 16.3 Å². The highest BCUT2D eigenvalue weighted by Gasteiger charge is 2.37. The quantitative estimate of drug-likeness (QED) is 0.210. The summed E-state index contributed by atoms with van der Waals surface area (Å²) < 4.78 is 20.7. The van der Waals surface area contributed by atoms with E-state index < -0.39 is 37.2 Å². The van der Waals surface area contributed by atoms with Gasteiger partial charge in [-0.25, -0.2) is 14.4 Å². The molecule has 3 rings (SSSR count). The van der Waals surface area contributed by atoms with E-state index in [2.05, 4.69) is 31.2 Å². The average molecular weight is 581 g/mol. The summed E-state index contributed by atoms with van der Waals surface area (Å²) in [5.41, 5.74) is 0.687. The van der Waals surface area contributed by atoms with E-state index in [4.69, 9.17) is 33.0 Å². The molecule has 0 radical (unpaired) electrons. The molecule has 0 bridgehead atoms. The van der Waals surface area contributed by atoms with Crippen molar-refractivity contribution < 1.29 is 34.7 Å². The maximum Gasteiger partial charge on any atom is 0.159 e. The molecular weight excluding hydrogens is 560 g/mol. The third-order valence-electron chi connectivity index (χ3n) is 5.15. The lowest BCUT2D eigenvalue weighted by molar-refractivity contribution is -0.119. The van der Waals surface area contributed by atoms with E-state index >= 15 is 0 Å². The maximum atomic E-state index is 14.8. The van der Waals surface area contributed by atoms with Crippen LogP contribution >= 0.6 is 39.1 Å². The number of hydrogen-bond donors (Lipinski definition) is 6. The number of aliphatic hydroxyl groups is 5. The number of halogens is 4. The Labute approximate surface area is 211 Å². The number of nitrogens with zero attached hydrogens (tertiary/aromatic N) is 2. The smallest absolute Gasteiger partial charge is 0.159 e. The fourth-order valence-corrected chi connectivity index (χ4v) is 4.06. The lowest BCUT2D eigenvalue weighted by atomic mass is 9.95. The second-order valence-corrected chi connectivity index (χ2v) is 8.91. The molecule has 0 saturated carbocycles. The van der Waals surface area contributed by atoms with Gasteiger partial charge < -0.3 is 35.6 Å². The van der Waals surface area contributed by atoms with Gasteiger partial charge in [-0.3, -0.25) is 0 Å². The van der Waals surface area contributed by atoms with Crippen LogP contribution in [-0.4, -0.2) is 73.7 Å². The molecule has 5 atom stereocenters. The molecule has 1 unspecified atom stereocenters. The van der Waals surface area contributed by atoms with Crippen molar-refractivity contribution in [3.8, 4) is 5.75 Å². The maximum absolute atomic E-state index is 14.8. The summed E-state index contributed by atoms with van der Waals surface area (Å²) in [7, 11) is 1.30. The van der Waals surface area contributed by atoms with Gasteiger partial charge in [0.1, 0.15) is 42.3 Å². The summed E-state index contributed by atoms with van der Waals surface area (Å²) in [6.45, 7) is -0.902. The molecule has 9 nitrogen and oxygen atoms in total. The first-order valence-electron chi connectivity index (χ1n) is 9.81. The number of methoxy groups -OCH3 is 1. The molecule has 2 aromatic carbocycles. The minimum Gasteiger partial charge on any atom is -0.496 e. The molecule has 0 fully saturated rings. The van der Waals surface area contributed by atoms with Crippen LogP contribution in [0.15, 0.2) is 35.1 Å². The largest absolute Gasteiger partial charge is 0.496 e. The highest BCUT2D eigenvalue weighted by molar-refractivity contribution is 9.10. The van der Waals surface area contributed by atoms with Crippen LogP contribution in [0.5, 0.6) is 5.75 Å². The Balaban J connectivity index is 2.00. The van der Waals surface area contributed by atoms with Crippen LogP contribution in [0.1, 0.15) is 11.7 Å². The number of anilines is 2. The van der Waals surface area contributed by atoms with Crippen molar-refractivity contribution in [2.24, 2.45) is 0 Å². The van der Waals surface area contributed by atoms with Gasteiger partial charge in [0.05, 0.1) is 35.0 Å². The van der Waals surface area contributed by atoms with Crippen molar-refractivity contribution >= 4 is 61.5 Å². The summed E-state index contributed by atoms with van der Waals surface area (Å²) in [6.07, 6.45) is -9.15. The number of fused-ring (bicyclic) bond motifs is 1. The van der Waals surface area contributed by atoms with E-state index in [1.165, 1.54) is 25.6 Å². The molecule has 0 saturated heterocycles. The highest BCUT2D eigenvalue weighted by Crippen LogP contribution is 2.39. The number of rotatable bonds is 9. The summed E-state index contributed by atoms with van der Waals surface area (Å²) in [6, 6.07) is 6.19. The van der Waals surface area contributed by atoms with E-state index in [0.717, 1.165) is 0 Å². The topological polar surface area (TPSA) is 148 Å². The molecule has 0 amide bonds. The molecule has 0 aliphatic carbocycles. The summed E-state index contributed by atoms with van der Waals surface area (Å²) in [4.78, 5) is 8.35. The minimum atomic E-state index is -2.43. The fraction of sp³-hybridized carbons (Fsp3) is 0.333. The number of aliphatic hydroxyl groups excluding tert-OH is 5. The Morgan fingerprint density at radius 1 is 1.09 bits per heavy atom. The summed E-state index contributed by atoms with van der Waals surface area (Å²) in [5, 5.41) is 52.8. The van der Waals surface area contributed by atoms with Gasteiger partial charge >= 0.3 is 0 Å². The number of hydrogen-bond acceptors (Lipinski definition) is 9. The third-order valence-corrected chi connectivity index (χ3v) is 6.92. The van der Waals surface area contributed by atoms with Crippen LogP contribution in [0.3, 0.4) is 0 Å². The predicted molar refractivity (Wildman–Crippen MR) is 128 cm³/mol. The van der Waals surface area contributed by atoms with Crippen LogP contribution in [0.2, 0.25) is 10.0 Å². The zero-order valence-electron chi connectivity index (χ0n) is 17.5. The number of benzene rings is 2. The molecular formula is C21H21BrCl2FN3O6. The lowest BCUT2D eigenvalue weighted by Gasteiger charge is -2.27. The Bertz CT molecular complexity index is 1180. The summed E-state index contributed by atoms with van der Waals surface area (Å²) in [5.74, 6) is 0.368. The second-order valence-electron chi connectivity index (χ2n) is 7.30. The molecule has 1 heterocycles. The zero-order chi connectivity index (χ0) is 25.2. The standard InChI is InChI=1S/C21H21BrCl2FN3O6/c1-34-14-5-8-12(4-9(14)18(31)17(25)20(33)19(32)13(30)6-29)26-7-27-21(8)28-11-3-2-10(22)15(23)16(11)24/h2-5,7,13,17-20,29-33H,6H2,1H3,(H,26,27,28)/t13-,17-,18?,19+,20+/m1/s1. The number of ether oxygens (including phenoxy) is 1. The van der Waals surface area contributed by atoms with Crippen molar-refractivity contribution in [2.75, 3.05) is 19.0 Å². The molecule has 0 aliphatic heterocycles. The van der Waals surface area contributed by atoms with Crippen molar-refractivity contribution in [1.29, 1.82) is 0 Å². The van der Waals surface area contributed by atoms with E-state index in [0.29, 0.717) is 31.9 Å². The van der Waals surface area contributed by atoms with Crippen LogP contribution in [-0.2, 0) is 0 Å². The van der Waals surface area contributed by atoms with Crippen LogP contribution in [0, 0.1) is 0 Å². The van der Waals surface area contributed by atoms with Gasteiger partial charge in [0.25, 0.3) is 0 Å². The van der Waals surface area contributed by atoms with Crippen molar-refractivity contribution in [3.05, 3.63) is 50.7 Å². The molecule has 3 aromatic rings. The Morgan fingerprint density at radius 3 is 2.44 bits per heavy atom. The molecule has 0 aliphatic rings. The zero-order valence-corrected chi connectivity index (χ0v) is 20.6. The van der Waals surface area contributed by atoms with E-state index in [9.17, 15) is 24.8 Å². The molecule has 1 aromatic heterocycles. The first kappa shape index (κ1) is 26.8. The predicted octanol–water partition coefficient (Wildman–Crippen LogP) is 2.90. The van der Waals surface area contributed by atoms with Gasteiger partial charge in [-0.2, -0.15) is 0 Å². The van der Waals surface area contributed by atoms with Crippen LogP contribution in [0.4, 0.5) is 15.9 Å². The van der Waals surface area contributed by atoms with Crippen molar-refractivity contribution in [3.63, 3.8) is 0 Å². The summed E-state index contributed by atoms with van der Waals surface area (Å²) >= 11 is 15.8. The lowest BCUT2D eigenvalue weighted by Crippen LogP contribution is -2.46. The Morgan fingerprint density at radius 2 is 1.79 bits per heavy atom. The van der Waals surface area contributed by atoms with Gasteiger partial charge in [-0.15, -0.1) is 0 Å². The highest BCUT2D eigenvalue weighted by atomic mass is 79.9. The monoisotopic (exact) mass is 579 g/mol. The SMILES string of the molecule is COc1cc2c(Nc3ccc(Br)c(Cl)c3Cl)ncnc2cc1C(O)[C@@H](F)[C@H](O)[C@@H](O)[C@H](O)CO. The van der Waals surface area contributed by atoms with Gasteiger partial charge in [0.2, 0.25) is 0 Å². The van der Waals surface area contributed by atoms with Crippen molar-refractivity contribution in [1.82, 2.24) is 9.97 Å². The normalized spacial score (nSPS) is 16.1.